The van der Waals surface area contributed by atoms with E-state index < -0.39 is 11.7 Å². The van der Waals surface area contributed by atoms with Crippen molar-refractivity contribution in [2.45, 2.75) is 13.5 Å². The molecule has 0 aliphatic heterocycles. The number of nitrogens with one attached hydrogen (secondary N) is 1. The Balaban J connectivity index is 2.10. The summed E-state index contributed by atoms with van der Waals surface area (Å²) in [6.45, 7) is 2.42. The van der Waals surface area contributed by atoms with Crippen molar-refractivity contribution in [3.63, 3.8) is 0 Å². The first-order valence-corrected chi connectivity index (χ1v) is 7.10. The first-order chi connectivity index (χ1) is 10.1. The van der Waals surface area contributed by atoms with Gasteiger partial charge in [-0.05, 0) is 25.1 Å². The SMILES string of the molecule is Cc1ncc(CNC(=O)c2cc(C#CCN)ccc2F)s1. The molecule has 0 radical (unpaired) electrons. The zero-order valence-electron chi connectivity index (χ0n) is 11.4. The summed E-state index contributed by atoms with van der Waals surface area (Å²) in [4.78, 5) is 17.0. The molecule has 21 heavy (non-hydrogen) atoms. The standard InChI is InChI=1S/C15H14FN3OS/c1-10-18-8-12(21-10)9-19-15(20)13-7-11(3-2-6-17)4-5-14(13)16/h4-5,7-8H,6,9,17H2,1H3,(H,19,20). The number of rotatable bonds is 3. The minimum Gasteiger partial charge on any atom is -0.347 e. The quantitative estimate of drug-likeness (QED) is 0.850. The molecule has 0 saturated heterocycles. The second kappa shape index (κ2) is 6.97. The van der Waals surface area contributed by atoms with Crippen LogP contribution in [0.25, 0.3) is 0 Å². The number of carbonyl (C=O) groups excluding carboxylic acids is 1. The number of amides is 1. The van der Waals surface area contributed by atoms with Crippen molar-refractivity contribution in [3.8, 4) is 11.8 Å². The van der Waals surface area contributed by atoms with E-state index in [1.807, 2.05) is 6.92 Å². The lowest BCUT2D eigenvalue weighted by atomic mass is 10.1. The molecular formula is C15H14FN3OS. The van der Waals surface area contributed by atoms with E-state index in [1.165, 1.54) is 29.5 Å². The van der Waals surface area contributed by atoms with Crippen LogP contribution in [0.4, 0.5) is 4.39 Å². The number of benzene rings is 1. The van der Waals surface area contributed by atoms with Crippen LogP contribution in [0.1, 0.15) is 25.8 Å². The van der Waals surface area contributed by atoms with Crippen molar-refractivity contribution in [1.29, 1.82) is 0 Å². The summed E-state index contributed by atoms with van der Waals surface area (Å²) in [6, 6.07) is 4.17. The summed E-state index contributed by atoms with van der Waals surface area (Å²) < 4.78 is 13.7. The van der Waals surface area contributed by atoms with E-state index in [0.717, 1.165) is 9.88 Å². The van der Waals surface area contributed by atoms with Crippen LogP contribution in [-0.2, 0) is 6.54 Å². The molecule has 0 saturated carbocycles. The monoisotopic (exact) mass is 303 g/mol. The zero-order valence-corrected chi connectivity index (χ0v) is 12.3. The Morgan fingerprint density at radius 2 is 2.33 bits per heavy atom. The topological polar surface area (TPSA) is 68.0 Å². The van der Waals surface area contributed by atoms with Gasteiger partial charge in [0, 0.05) is 16.6 Å². The summed E-state index contributed by atoms with van der Waals surface area (Å²) in [5.74, 6) is 4.39. The number of nitrogens with two attached hydrogens (primary N) is 1. The van der Waals surface area contributed by atoms with Gasteiger partial charge in [-0.3, -0.25) is 4.79 Å². The fourth-order valence-corrected chi connectivity index (χ4v) is 2.41. The number of halogens is 1. The maximum absolute atomic E-state index is 13.7. The lowest BCUT2D eigenvalue weighted by molar-refractivity contribution is 0.0947. The van der Waals surface area contributed by atoms with Crippen LogP contribution in [0.5, 0.6) is 0 Å². The van der Waals surface area contributed by atoms with Crippen LogP contribution in [0, 0.1) is 24.6 Å². The Bertz CT molecular complexity index is 715. The lowest BCUT2D eigenvalue weighted by Crippen LogP contribution is -2.23. The maximum Gasteiger partial charge on any atom is 0.254 e. The highest BCUT2D eigenvalue weighted by atomic mass is 32.1. The van der Waals surface area contributed by atoms with Gasteiger partial charge in [0.05, 0.1) is 23.7 Å². The van der Waals surface area contributed by atoms with Gasteiger partial charge in [-0.25, -0.2) is 9.37 Å². The van der Waals surface area contributed by atoms with Crippen molar-refractivity contribution in [3.05, 3.63) is 51.2 Å². The van der Waals surface area contributed by atoms with E-state index in [2.05, 4.69) is 22.1 Å². The van der Waals surface area contributed by atoms with Gasteiger partial charge in [-0.15, -0.1) is 11.3 Å². The van der Waals surface area contributed by atoms with Crippen LogP contribution in [0.3, 0.4) is 0 Å². The smallest absolute Gasteiger partial charge is 0.254 e. The third-order valence-corrected chi connectivity index (χ3v) is 3.55. The Hall–Kier alpha value is -2.23. The lowest BCUT2D eigenvalue weighted by Gasteiger charge is -2.05. The summed E-state index contributed by atoms with van der Waals surface area (Å²) in [5, 5.41) is 3.59. The molecule has 0 unspecified atom stereocenters. The van der Waals surface area contributed by atoms with Crippen molar-refractivity contribution < 1.29 is 9.18 Å². The van der Waals surface area contributed by atoms with Crippen molar-refractivity contribution >= 4 is 17.2 Å². The number of thiazole rings is 1. The van der Waals surface area contributed by atoms with Crippen LogP contribution >= 0.6 is 11.3 Å². The first kappa shape index (κ1) is 15.2. The summed E-state index contributed by atoms with van der Waals surface area (Å²) in [7, 11) is 0. The van der Waals surface area contributed by atoms with Gasteiger partial charge in [0.15, 0.2) is 0 Å². The minimum absolute atomic E-state index is 0.0277. The molecule has 1 amide bonds. The van der Waals surface area contributed by atoms with E-state index in [-0.39, 0.29) is 12.1 Å². The third-order valence-electron chi connectivity index (χ3n) is 2.64. The minimum atomic E-state index is -0.578. The number of nitrogens with zero attached hydrogens (tertiary/aromatic N) is 1. The molecule has 2 rings (SSSR count). The molecular weight excluding hydrogens is 289 g/mol. The second-order valence-electron chi connectivity index (χ2n) is 4.23. The highest BCUT2D eigenvalue weighted by molar-refractivity contribution is 7.11. The predicted molar refractivity (Wildman–Crippen MR) is 80.4 cm³/mol. The molecule has 1 aromatic carbocycles. The maximum atomic E-state index is 13.7. The predicted octanol–water partition coefficient (Wildman–Crippen LogP) is 1.83. The van der Waals surface area contributed by atoms with Crippen LogP contribution in [0.2, 0.25) is 0 Å². The van der Waals surface area contributed by atoms with Gasteiger partial charge in [-0.1, -0.05) is 11.8 Å². The molecule has 0 bridgehead atoms. The van der Waals surface area contributed by atoms with Gasteiger partial charge < -0.3 is 11.1 Å². The molecule has 0 atom stereocenters. The van der Waals surface area contributed by atoms with E-state index in [9.17, 15) is 9.18 Å². The fraction of sp³-hybridized carbons (Fsp3) is 0.200. The molecule has 4 nitrogen and oxygen atoms in total. The van der Waals surface area contributed by atoms with E-state index in [1.54, 1.807) is 6.20 Å². The Morgan fingerprint density at radius 3 is 3.00 bits per heavy atom. The number of hydrogen-bond acceptors (Lipinski definition) is 4. The second-order valence-corrected chi connectivity index (χ2v) is 5.55. The van der Waals surface area contributed by atoms with Crippen molar-refractivity contribution in [1.82, 2.24) is 10.3 Å². The molecule has 0 fully saturated rings. The molecule has 0 aliphatic carbocycles. The average molecular weight is 303 g/mol. The average Bonchev–Trinajstić information content (AvgIpc) is 2.89. The summed E-state index contributed by atoms with van der Waals surface area (Å²) in [6.07, 6.45) is 1.69. The van der Waals surface area contributed by atoms with E-state index >= 15 is 0 Å². The Morgan fingerprint density at radius 1 is 1.52 bits per heavy atom. The molecule has 2 aromatic rings. The Labute approximate surface area is 126 Å². The van der Waals surface area contributed by atoms with Crippen molar-refractivity contribution in [2.75, 3.05) is 6.54 Å². The number of aryl methyl sites for hydroxylation is 1. The number of carbonyl (C=O) groups is 1. The Kier molecular flexibility index (Phi) is 5.04. The molecule has 1 aromatic heterocycles. The molecule has 3 N–H and O–H groups in total. The molecule has 1 heterocycles. The fourth-order valence-electron chi connectivity index (χ4n) is 1.68. The summed E-state index contributed by atoms with van der Waals surface area (Å²) >= 11 is 1.49. The summed E-state index contributed by atoms with van der Waals surface area (Å²) in [5.41, 5.74) is 5.81. The zero-order chi connectivity index (χ0) is 15.2. The molecule has 0 aliphatic rings. The van der Waals surface area contributed by atoms with E-state index in [0.29, 0.717) is 12.1 Å². The molecule has 0 spiro atoms. The highest BCUT2D eigenvalue weighted by Crippen LogP contribution is 2.13. The molecule has 108 valence electrons. The molecule has 6 heteroatoms. The van der Waals surface area contributed by atoms with E-state index in [4.69, 9.17) is 5.73 Å². The van der Waals surface area contributed by atoms with Gasteiger partial charge in [-0.2, -0.15) is 0 Å². The van der Waals surface area contributed by atoms with Gasteiger partial charge in [0.25, 0.3) is 5.91 Å². The van der Waals surface area contributed by atoms with Crippen molar-refractivity contribution in [2.24, 2.45) is 5.73 Å². The van der Waals surface area contributed by atoms with Crippen LogP contribution in [-0.4, -0.2) is 17.4 Å². The normalized spacial score (nSPS) is 9.86. The van der Waals surface area contributed by atoms with Gasteiger partial charge in [0.1, 0.15) is 5.82 Å². The highest BCUT2D eigenvalue weighted by Gasteiger charge is 2.12. The van der Waals surface area contributed by atoms with Gasteiger partial charge in [0.2, 0.25) is 0 Å². The first-order valence-electron chi connectivity index (χ1n) is 6.28. The van der Waals surface area contributed by atoms with Crippen LogP contribution < -0.4 is 11.1 Å². The number of aromatic nitrogens is 1. The third kappa shape index (κ3) is 4.12. The number of hydrogen-bond donors (Lipinski definition) is 2. The largest absolute Gasteiger partial charge is 0.347 e. The van der Waals surface area contributed by atoms with Gasteiger partial charge >= 0.3 is 0 Å². The van der Waals surface area contributed by atoms with Crippen LogP contribution in [0.15, 0.2) is 24.4 Å².